The van der Waals surface area contributed by atoms with Crippen LogP contribution < -0.4 is 15.4 Å². The average molecular weight is 546 g/mol. The maximum Gasteiger partial charge on any atom is 0.239 e. The Kier molecular flexibility index (Phi) is 6.38. The summed E-state index contributed by atoms with van der Waals surface area (Å²) in [7, 11) is -3.80. The van der Waals surface area contributed by atoms with Crippen molar-refractivity contribution in [2.75, 3.05) is 10.2 Å². The molecular weight excluding hydrogens is 514 g/mol. The van der Waals surface area contributed by atoms with E-state index in [2.05, 4.69) is 45.6 Å². The van der Waals surface area contributed by atoms with Crippen molar-refractivity contribution in [2.24, 2.45) is 16.0 Å². The number of nitrogens with two attached hydrogens (primary N) is 1. The number of anilines is 2. The largest absolute Gasteiger partial charge is 0.334 e. The van der Waals surface area contributed by atoms with Crippen LogP contribution in [0.1, 0.15) is 62.5 Å². The second-order valence-electron chi connectivity index (χ2n) is 10.4. The first kappa shape index (κ1) is 25.5. The number of primary sulfonamides is 1. The SMILES string of the molecule is C=C1C(=NCc2ccc(S(N)(=O)=O)cn2)Nc2cnc(-c3c(CC)ncnc3C3CC3)nc2N1C(C)C1CC1. The second-order valence-corrected chi connectivity index (χ2v) is 11.9. The molecule has 1 aliphatic heterocycles. The molecule has 1 unspecified atom stereocenters. The molecule has 1 atom stereocenters. The number of rotatable bonds is 8. The van der Waals surface area contributed by atoms with Crippen LogP contribution in [0.25, 0.3) is 11.4 Å². The highest BCUT2D eigenvalue weighted by molar-refractivity contribution is 7.89. The molecule has 0 radical (unpaired) electrons. The fourth-order valence-electron chi connectivity index (χ4n) is 5.01. The van der Waals surface area contributed by atoms with E-state index in [0.717, 1.165) is 66.3 Å². The molecule has 202 valence electrons. The van der Waals surface area contributed by atoms with Crippen molar-refractivity contribution in [1.29, 1.82) is 0 Å². The van der Waals surface area contributed by atoms with Gasteiger partial charge in [-0.1, -0.05) is 13.5 Å². The molecule has 2 fully saturated rings. The molecule has 12 heteroatoms. The molecule has 4 heterocycles. The van der Waals surface area contributed by atoms with Crippen molar-refractivity contribution in [2.45, 2.75) is 69.4 Å². The van der Waals surface area contributed by atoms with Gasteiger partial charge in [0.05, 0.1) is 41.1 Å². The van der Waals surface area contributed by atoms with Gasteiger partial charge in [-0.15, -0.1) is 0 Å². The highest BCUT2D eigenvalue weighted by atomic mass is 32.2. The lowest BCUT2D eigenvalue weighted by atomic mass is 10.0. The Morgan fingerprint density at radius 1 is 1.15 bits per heavy atom. The summed E-state index contributed by atoms with van der Waals surface area (Å²) < 4.78 is 23.1. The van der Waals surface area contributed by atoms with Crippen molar-refractivity contribution >= 4 is 27.4 Å². The van der Waals surface area contributed by atoms with Crippen LogP contribution in [0.4, 0.5) is 11.5 Å². The molecule has 0 amide bonds. The predicted molar refractivity (Wildman–Crippen MR) is 149 cm³/mol. The van der Waals surface area contributed by atoms with Crippen molar-refractivity contribution in [3.8, 4) is 11.4 Å². The Balaban J connectivity index is 1.36. The molecule has 3 aliphatic rings. The number of amidine groups is 1. The summed E-state index contributed by atoms with van der Waals surface area (Å²) in [6, 6.07) is 3.22. The smallest absolute Gasteiger partial charge is 0.239 e. The summed E-state index contributed by atoms with van der Waals surface area (Å²) in [6.07, 6.45) is 10.0. The van der Waals surface area contributed by atoms with Crippen molar-refractivity contribution < 1.29 is 8.42 Å². The summed E-state index contributed by atoms with van der Waals surface area (Å²) in [6.45, 7) is 8.91. The topological polar surface area (TPSA) is 152 Å². The monoisotopic (exact) mass is 545 g/mol. The number of aryl methyl sites for hydroxylation is 1. The molecule has 11 nitrogen and oxygen atoms in total. The van der Waals surface area contributed by atoms with Crippen LogP contribution >= 0.6 is 0 Å². The number of pyridine rings is 1. The second kappa shape index (κ2) is 9.76. The minimum absolute atomic E-state index is 0.0368. The lowest BCUT2D eigenvalue weighted by molar-refractivity contribution is 0.597. The van der Waals surface area contributed by atoms with Crippen LogP contribution in [0, 0.1) is 5.92 Å². The Bertz CT molecular complexity index is 1580. The molecule has 0 bridgehead atoms. The number of nitrogens with zero attached hydrogens (tertiary/aromatic N) is 7. The van der Waals surface area contributed by atoms with Gasteiger partial charge in [-0.2, -0.15) is 0 Å². The first-order valence-electron chi connectivity index (χ1n) is 13.2. The van der Waals surface area contributed by atoms with E-state index in [4.69, 9.17) is 20.1 Å². The van der Waals surface area contributed by atoms with Gasteiger partial charge >= 0.3 is 0 Å². The van der Waals surface area contributed by atoms with Crippen LogP contribution in [0.2, 0.25) is 0 Å². The highest BCUT2D eigenvalue weighted by Crippen LogP contribution is 2.45. The number of nitrogens with one attached hydrogen (secondary N) is 1. The van der Waals surface area contributed by atoms with Gasteiger partial charge in [0.15, 0.2) is 11.6 Å². The van der Waals surface area contributed by atoms with Crippen LogP contribution in [-0.2, 0) is 23.0 Å². The Morgan fingerprint density at radius 2 is 1.95 bits per heavy atom. The molecular formula is C27H31N9O2S. The molecule has 2 saturated carbocycles. The normalized spacial score (nSPS) is 19.1. The average Bonchev–Trinajstić information content (AvgIpc) is 3.84. The van der Waals surface area contributed by atoms with Gasteiger partial charge in [-0.05, 0) is 57.1 Å². The van der Waals surface area contributed by atoms with E-state index in [1.165, 1.54) is 12.3 Å². The van der Waals surface area contributed by atoms with E-state index in [1.807, 2.05) is 0 Å². The quantitative estimate of drug-likeness (QED) is 0.433. The van der Waals surface area contributed by atoms with Crippen LogP contribution in [-0.4, -0.2) is 45.2 Å². The number of hydrogen-bond donors (Lipinski definition) is 2. The first-order chi connectivity index (χ1) is 18.7. The van der Waals surface area contributed by atoms with E-state index in [0.29, 0.717) is 29.2 Å². The minimum Gasteiger partial charge on any atom is -0.334 e. The van der Waals surface area contributed by atoms with E-state index in [1.54, 1.807) is 18.6 Å². The molecule has 0 saturated heterocycles. The zero-order valence-electron chi connectivity index (χ0n) is 22.0. The van der Waals surface area contributed by atoms with Gasteiger partial charge in [0.1, 0.15) is 22.7 Å². The molecule has 2 aliphatic carbocycles. The van der Waals surface area contributed by atoms with Gasteiger partial charge in [0.25, 0.3) is 0 Å². The van der Waals surface area contributed by atoms with Crippen molar-refractivity contribution in [1.82, 2.24) is 24.9 Å². The number of fused-ring (bicyclic) bond motifs is 1. The zero-order valence-corrected chi connectivity index (χ0v) is 22.8. The number of aliphatic imine (C=N–C) groups is 1. The lowest BCUT2D eigenvalue weighted by Crippen LogP contribution is -2.43. The minimum atomic E-state index is -3.80. The van der Waals surface area contributed by atoms with E-state index in [-0.39, 0.29) is 17.5 Å². The van der Waals surface area contributed by atoms with Gasteiger partial charge in [0, 0.05) is 18.2 Å². The fraction of sp³-hybridized carbons (Fsp3) is 0.407. The Morgan fingerprint density at radius 3 is 2.59 bits per heavy atom. The number of sulfonamides is 1. The van der Waals surface area contributed by atoms with Gasteiger partial charge in [-0.3, -0.25) is 9.98 Å². The summed E-state index contributed by atoms with van der Waals surface area (Å²) in [5, 5.41) is 8.55. The van der Waals surface area contributed by atoms with Crippen LogP contribution in [0.3, 0.4) is 0 Å². The lowest BCUT2D eigenvalue weighted by Gasteiger charge is -2.37. The summed E-state index contributed by atoms with van der Waals surface area (Å²) in [5.41, 5.74) is 5.01. The predicted octanol–water partition coefficient (Wildman–Crippen LogP) is 3.56. The fourth-order valence-corrected chi connectivity index (χ4v) is 5.47. The molecule has 3 aromatic heterocycles. The Labute approximate surface area is 227 Å². The van der Waals surface area contributed by atoms with Crippen LogP contribution in [0.5, 0.6) is 0 Å². The van der Waals surface area contributed by atoms with E-state index in [9.17, 15) is 8.42 Å². The molecule has 0 spiro atoms. The maximum atomic E-state index is 11.5. The van der Waals surface area contributed by atoms with Crippen molar-refractivity contribution in [3.63, 3.8) is 0 Å². The molecule has 39 heavy (non-hydrogen) atoms. The van der Waals surface area contributed by atoms with Crippen LogP contribution in [0.15, 0.2) is 53.0 Å². The molecule has 6 rings (SSSR count). The molecule has 0 aromatic carbocycles. The number of aromatic nitrogens is 5. The maximum absolute atomic E-state index is 11.5. The van der Waals surface area contributed by atoms with Gasteiger partial charge in [0.2, 0.25) is 10.0 Å². The van der Waals surface area contributed by atoms with Crippen molar-refractivity contribution in [3.05, 3.63) is 60.2 Å². The standard InChI is InChI=1S/C27H31N9O2S/c1-4-21-23(24(18-7-8-18)33-14-32-21)26-31-13-22-27(35-26)36(15(2)17-5-6-17)16(3)25(34-22)30-11-19-9-10-20(12-29-19)39(28,37)38/h9-10,12-15,17-18H,3-8,11H2,1-2H3,(H,30,34)(H2,28,37,38). The first-order valence-corrected chi connectivity index (χ1v) is 14.8. The summed E-state index contributed by atoms with van der Waals surface area (Å²) >= 11 is 0. The third kappa shape index (κ3) is 5.01. The Hall–Kier alpha value is -3.77. The third-order valence-electron chi connectivity index (χ3n) is 7.53. The molecule has 3 aromatic rings. The third-order valence-corrected chi connectivity index (χ3v) is 8.43. The summed E-state index contributed by atoms with van der Waals surface area (Å²) in [5.74, 6) is 2.99. The van der Waals surface area contributed by atoms with Gasteiger partial charge in [-0.25, -0.2) is 33.5 Å². The summed E-state index contributed by atoms with van der Waals surface area (Å²) in [4.78, 5) is 30.1. The highest BCUT2D eigenvalue weighted by Gasteiger charge is 2.39. The van der Waals surface area contributed by atoms with E-state index < -0.39 is 10.0 Å². The van der Waals surface area contributed by atoms with Gasteiger partial charge < -0.3 is 10.2 Å². The zero-order chi connectivity index (χ0) is 27.3. The van der Waals surface area contributed by atoms with E-state index >= 15 is 0 Å². The molecule has 3 N–H and O–H groups in total. The number of hydrogen-bond acceptors (Lipinski definition) is 9.